The minimum atomic E-state index is -0.148. The second kappa shape index (κ2) is 10.7. The van der Waals surface area contributed by atoms with Crippen molar-refractivity contribution in [3.05, 3.63) is 12.2 Å². The minimum Gasteiger partial charge on any atom is -0.463 e. The van der Waals surface area contributed by atoms with Crippen molar-refractivity contribution in [3.63, 3.8) is 0 Å². The highest BCUT2D eigenvalue weighted by Crippen LogP contribution is 2.13. The van der Waals surface area contributed by atoms with Crippen LogP contribution in [0.5, 0.6) is 0 Å². The number of hydrogen-bond donors (Lipinski definition) is 0. The molecule has 0 aromatic heterocycles. The summed E-state index contributed by atoms with van der Waals surface area (Å²) in [6, 6.07) is 0. The van der Waals surface area contributed by atoms with Gasteiger partial charge in [-0.25, -0.2) is 0 Å². The van der Waals surface area contributed by atoms with Crippen molar-refractivity contribution in [2.24, 2.45) is 0 Å². The summed E-state index contributed by atoms with van der Waals surface area (Å²) < 4.78 is 5.30. The molecule has 0 amide bonds. The molecule has 0 bridgehead atoms. The SMILES string of the molecule is CC/C=C/CCCC(CCCC)OC(C)=O. The van der Waals surface area contributed by atoms with Crippen molar-refractivity contribution in [1.82, 2.24) is 0 Å². The molecule has 0 heterocycles. The number of hydrogen-bond acceptors (Lipinski definition) is 2. The number of allylic oxidation sites excluding steroid dienone is 2. The molecule has 0 aromatic rings. The highest BCUT2D eigenvalue weighted by atomic mass is 16.5. The van der Waals surface area contributed by atoms with E-state index < -0.39 is 0 Å². The maximum Gasteiger partial charge on any atom is 0.302 e. The van der Waals surface area contributed by atoms with Gasteiger partial charge < -0.3 is 4.74 Å². The Hall–Kier alpha value is -0.790. The molecular weight excluding hydrogens is 200 g/mol. The molecule has 0 aliphatic heterocycles. The van der Waals surface area contributed by atoms with Crippen molar-refractivity contribution >= 4 is 5.97 Å². The third-order valence-electron chi connectivity index (χ3n) is 2.51. The number of carbonyl (C=O) groups is 1. The molecule has 94 valence electrons. The Morgan fingerprint density at radius 1 is 1.19 bits per heavy atom. The Labute approximate surface area is 100 Å². The molecule has 0 N–H and O–H groups in total. The molecule has 0 aliphatic rings. The van der Waals surface area contributed by atoms with Crippen molar-refractivity contribution < 1.29 is 9.53 Å². The second-order valence-corrected chi connectivity index (χ2v) is 4.18. The lowest BCUT2D eigenvalue weighted by Crippen LogP contribution is -2.16. The molecule has 0 spiro atoms. The van der Waals surface area contributed by atoms with E-state index in [9.17, 15) is 4.79 Å². The zero-order valence-electron chi connectivity index (χ0n) is 11.0. The van der Waals surface area contributed by atoms with Gasteiger partial charge in [0.15, 0.2) is 0 Å². The zero-order chi connectivity index (χ0) is 12.2. The Morgan fingerprint density at radius 2 is 1.88 bits per heavy atom. The van der Waals surface area contributed by atoms with Gasteiger partial charge in [-0.15, -0.1) is 0 Å². The van der Waals surface area contributed by atoms with Gasteiger partial charge >= 0.3 is 5.97 Å². The van der Waals surface area contributed by atoms with E-state index in [1.54, 1.807) is 0 Å². The molecule has 2 heteroatoms. The fourth-order valence-corrected chi connectivity index (χ4v) is 1.68. The van der Waals surface area contributed by atoms with Crippen LogP contribution in [0, 0.1) is 0 Å². The van der Waals surface area contributed by atoms with Crippen LogP contribution in [0.3, 0.4) is 0 Å². The van der Waals surface area contributed by atoms with E-state index >= 15 is 0 Å². The van der Waals surface area contributed by atoms with Crippen LogP contribution in [-0.2, 0) is 9.53 Å². The second-order valence-electron chi connectivity index (χ2n) is 4.18. The maximum absolute atomic E-state index is 10.9. The van der Waals surface area contributed by atoms with Crippen molar-refractivity contribution in [2.45, 2.75) is 71.8 Å². The molecule has 1 unspecified atom stereocenters. The summed E-state index contributed by atoms with van der Waals surface area (Å²) in [5.41, 5.74) is 0. The fourth-order valence-electron chi connectivity index (χ4n) is 1.68. The van der Waals surface area contributed by atoms with E-state index in [1.807, 2.05) is 0 Å². The molecule has 16 heavy (non-hydrogen) atoms. The van der Waals surface area contributed by atoms with Gasteiger partial charge in [0, 0.05) is 6.92 Å². The van der Waals surface area contributed by atoms with Crippen LogP contribution in [0.15, 0.2) is 12.2 Å². The van der Waals surface area contributed by atoms with Crippen LogP contribution in [0.25, 0.3) is 0 Å². The molecule has 0 aliphatic carbocycles. The van der Waals surface area contributed by atoms with Gasteiger partial charge in [0.1, 0.15) is 6.10 Å². The topological polar surface area (TPSA) is 26.3 Å². The van der Waals surface area contributed by atoms with Crippen LogP contribution in [-0.4, -0.2) is 12.1 Å². The number of carbonyl (C=O) groups excluding carboxylic acids is 1. The summed E-state index contributed by atoms with van der Waals surface area (Å²) in [4.78, 5) is 10.9. The smallest absolute Gasteiger partial charge is 0.302 e. The average Bonchev–Trinajstić information content (AvgIpc) is 2.24. The summed E-state index contributed by atoms with van der Waals surface area (Å²) in [5, 5.41) is 0. The molecule has 1 atom stereocenters. The van der Waals surface area contributed by atoms with E-state index in [-0.39, 0.29) is 12.1 Å². The Morgan fingerprint density at radius 3 is 2.44 bits per heavy atom. The predicted octanol–water partition coefficient (Wildman–Crippen LogP) is 4.24. The third kappa shape index (κ3) is 9.75. The lowest BCUT2D eigenvalue weighted by Gasteiger charge is -2.16. The van der Waals surface area contributed by atoms with Gasteiger partial charge in [-0.2, -0.15) is 0 Å². The van der Waals surface area contributed by atoms with E-state index in [1.165, 1.54) is 6.92 Å². The summed E-state index contributed by atoms with van der Waals surface area (Å²) in [5.74, 6) is -0.148. The molecule has 2 nitrogen and oxygen atoms in total. The number of unbranched alkanes of at least 4 members (excludes halogenated alkanes) is 2. The van der Waals surface area contributed by atoms with Gasteiger partial charge in [0.25, 0.3) is 0 Å². The first-order valence-corrected chi connectivity index (χ1v) is 6.52. The van der Waals surface area contributed by atoms with Crippen LogP contribution in [0.1, 0.15) is 65.7 Å². The standard InChI is InChI=1S/C14H26O2/c1-4-6-8-9-10-12-14(11-7-5-2)16-13(3)15/h6,8,14H,4-5,7,9-12H2,1-3H3/b8-6+. The maximum atomic E-state index is 10.9. The molecule has 0 saturated heterocycles. The van der Waals surface area contributed by atoms with Crippen LogP contribution in [0.2, 0.25) is 0 Å². The van der Waals surface area contributed by atoms with Gasteiger partial charge in [0.2, 0.25) is 0 Å². The molecular formula is C14H26O2. The number of rotatable bonds is 9. The number of esters is 1. The summed E-state index contributed by atoms with van der Waals surface area (Å²) in [7, 11) is 0. The molecule has 0 aromatic carbocycles. The van der Waals surface area contributed by atoms with E-state index in [2.05, 4.69) is 26.0 Å². The monoisotopic (exact) mass is 226 g/mol. The Balaban J connectivity index is 3.72. The van der Waals surface area contributed by atoms with E-state index in [4.69, 9.17) is 4.74 Å². The largest absolute Gasteiger partial charge is 0.463 e. The van der Waals surface area contributed by atoms with Crippen LogP contribution < -0.4 is 0 Å². The highest BCUT2D eigenvalue weighted by Gasteiger charge is 2.10. The first-order valence-electron chi connectivity index (χ1n) is 6.52. The summed E-state index contributed by atoms with van der Waals surface area (Å²) >= 11 is 0. The molecule has 0 fully saturated rings. The third-order valence-corrected chi connectivity index (χ3v) is 2.51. The first kappa shape index (κ1) is 15.2. The quantitative estimate of drug-likeness (QED) is 0.334. The van der Waals surface area contributed by atoms with Gasteiger partial charge in [-0.05, 0) is 32.1 Å². The van der Waals surface area contributed by atoms with E-state index in [0.29, 0.717) is 0 Å². The fraction of sp³-hybridized carbons (Fsp3) is 0.786. The average molecular weight is 226 g/mol. The molecule has 0 saturated carbocycles. The Kier molecular flexibility index (Phi) is 10.2. The Bertz CT molecular complexity index is 197. The van der Waals surface area contributed by atoms with Crippen molar-refractivity contribution in [1.29, 1.82) is 0 Å². The van der Waals surface area contributed by atoms with Gasteiger partial charge in [-0.1, -0.05) is 38.8 Å². The van der Waals surface area contributed by atoms with Gasteiger partial charge in [-0.3, -0.25) is 4.79 Å². The van der Waals surface area contributed by atoms with Crippen LogP contribution in [0.4, 0.5) is 0 Å². The summed E-state index contributed by atoms with van der Waals surface area (Å²) in [6.45, 7) is 5.80. The highest BCUT2D eigenvalue weighted by molar-refractivity contribution is 5.66. The predicted molar refractivity (Wildman–Crippen MR) is 68.4 cm³/mol. The first-order chi connectivity index (χ1) is 7.70. The van der Waals surface area contributed by atoms with Crippen LogP contribution >= 0.6 is 0 Å². The normalized spacial score (nSPS) is 12.9. The van der Waals surface area contributed by atoms with Gasteiger partial charge in [0.05, 0.1) is 0 Å². The minimum absolute atomic E-state index is 0.132. The summed E-state index contributed by atoms with van der Waals surface area (Å²) in [6.07, 6.45) is 12.1. The molecule has 0 radical (unpaired) electrons. The zero-order valence-corrected chi connectivity index (χ0v) is 11.0. The lowest BCUT2D eigenvalue weighted by atomic mass is 10.1. The lowest BCUT2D eigenvalue weighted by molar-refractivity contribution is -0.147. The molecule has 0 rings (SSSR count). The van der Waals surface area contributed by atoms with E-state index in [0.717, 1.165) is 44.9 Å². The van der Waals surface area contributed by atoms with Crippen molar-refractivity contribution in [3.8, 4) is 0 Å². The number of ether oxygens (including phenoxy) is 1. The van der Waals surface area contributed by atoms with Crippen molar-refractivity contribution in [2.75, 3.05) is 0 Å².